The topological polar surface area (TPSA) is 84.2 Å². The smallest absolute Gasteiger partial charge is 0.261 e. The van der Waals surface area contributed by atoms with E-state index in [-0.39, 0.29) is 11.8 Å². The van der Waals surface area contributed by atoms with Crippen molar-refractivity contribution in [2.24, 2.45) is 5.73 Å². The zero-order valence-electron chi connectivity index (χ0n) is 12.1. The first-order valence-corrected chi connectivity index (χ1v) is 7.96. The van der Waals surface area contributed by atoms with E-state index in [1.54, 1.807) is 6.07 Å². The van der Waals surface area contributed by atoms with Crippen LogP contribution in [0.25, 0.3) is 0 Å². The minimum absolute atomic E-state index is 0.0812. The van der Waals surface area contributed by atoms with E-state index in [1.807, 2.05) is 41.8 Å². The maximum Gasteiger partial charge on any atom is 0.261 e. The van der Waals surface area contributed by atoms with Crippen LogP contribution in [0, 0.1) is 0 Å². The molecule has 0 aliphatic heterocycles. The van der Waals surface area contributed by atoms with Crippen LogP contribution < -0.4 is 16.4 Å². The van der Waals surface area contributed by atoms with Crippen molar-refractivity contribution in [3.63, 3.8) is 0 Å². The van der Waals surface area contributed by atoms with Crippen LogP contribution >= 0.6 is 11.3 Å². The third-order valence-corrected chi connectivity index (χ3v) is 3.99. The highest BCUT2D eigenvalue weighted by Gasteiger charge is 2.14. The summed E-state index contributed by atoms with van der Waals surface area (Å²) < 4.78 is 0. The van der Waals surface area contributed by atoms with Crippen molar-refractivity contribution in [1.29, 1.82) is 0 Å². The molecule has 0 aliphatic carbocycles. The number of thiophene rings is 1. The van der Waals surface area contributed by atoms with Crippen LogP contribution in [-0.2, 0) is 4.79 Å². The molecule has 0 aliphatic rings. The van der Waals surface area contributed by atoms with Gasteiger partial charge < -0.3 is 16.4 Å². The SMILES string of the molecule is NC(C(=O)NCCCNC(=O)c1cccs1)c1ccccc1. The van der Waals surface area contributed by atoms with E-state index < -0.39 is 6.04 Å². The summed E-state index contributed by atoms with van der Waals surface area (Å²) in [5.74, 6) is -0.293. The fourth-order valence-corrected chi connectivity index (χ4v) is 2.56. The van der Waals surface area contributed by atoms with Crippen molar-refractivity contribution < 1.29 is 9.59 Å². The van der Waals surface area contributed by atoms with E-state index in [1.165, 1.54) is 11.3 Å². The zero-order chi connectivity index (χ0) is 15.8. The number of rotatable bonds is 7. The molecule has 0 saturated heterocycles. The lowest BCUT2D eigenvalue weighted by Crippen LogP contribution is -2.36. The Hall–Kier alpha value is -2.18. The molecule has 0 saturated carbocycles. The van der Waals surface area contributed by atoms with Gasteiger partial charge >= 0.3 is 0 Å². The molecule has 2 rings (SSSR count). The Bertz CT molecular complexity index is 599. The number of amides is 2. The fraction of sp³-hybridized carbons (Fsp3) is 0.250. The van der Waals surface area contributed by atoms with E-state index in [0.29, 0.717) is 24.4 Å². The summed E-state index contributed by atoms with van der Waals surface area (Å²) in [6.45, 7) is 0.988. The minimum Gasteiger partial charge on any atom is -0.354 e. The van der Waals surface area contributed by atoms with Crippen LogP contribution in [0.1, 0.15) is 27.7 Å². The number of carbonyl (C=O) groups excluding carboxylic acids is 2. The van der Waals surface area contributed by atoms with Gasteiger partial charge in [0.2, 0.25) is 5.91 Å². The summed E-state index contributed by atoms with van der Waals surface area (Å²) >= 11 is 1.40. The molecular formula is C16H19N3O2S. The van der Waals surface area contributed by atoms with Gasteiger partial charge in [-0.1, -0.05) is 36.4 Å². The van der Waals surface area contributed by atoms with E-state index >= 15 is 0 Å². The van der Waals surface area contributed by atoms with Crippen LogP contribution in [0.4, 0.5) is 0 Å². The second-order valence-electron chi connectivity index (χ2n) is 4.77. The molecule has 0 radical (unpaired) electrons. The van der Waals surface area contributed by atoms with Gasteiger partial charge in [0.15, 0.2) is 0 Å². The second-order valence-corrected chi connectivity index (χ2v) is 5.71. The van der Waals surface area contributed by atoms with E-state index in [9.17, 15) is 9.59 Å². The molecule has 1 aromatic carbocycles. The Balaban J connectivity index is 1.64. The largest absolute Gasteiger partial charge is 0.354 e. The highest BCUT2D eigenvalue weighted by molar-refractivity contribution is 7.12. The molecule has 116 valence electrons. The number of hydrogen-bond donors (Lipinski definition) is 3. The van der Waals surface area contributed by atoms with Crippen LogP contribution in [0.2, 0.25) is 0 Å². The maximum absolute atomic E-state index is 11.9. The molecular weight excluding hydrogens is 298 g/mol. The monoisotopic (exact) mass is 317 g/mol. The number of nitrogens with one attached hydrogen (secondary N) is 2. The molecule has 1 unspecified atom stereocenters. The Morgan fingerprint density at radius 3 is 2.45 bits per heavy atom. The molecule has 1 atom stereocenters. The predicted octanol–water partition coefficient (Wildman–Crippen LogP) is 1.68. The summed E-state index contributed by atoms with van der Waals surface area (Å²) in [7, 11) is 0. The number of hydrogen-bond acceptors (Lipinski definition) is 4. The third kappa shape index (κ3) is 4.68. The summed E-state index contributed by atoms with van der Waals surface area (Å²) in [6.07, 6.45) is 0.657. The van der Waals surface area contributed by atoms with Gasteiger partial charge in [-0.2, -0.15) is 0 Å². The van der Waals surface area contributed by atoms with Crippen molar-refractivity contribution in [1.82, 2.24) is 10.6 Å². The Labute approximate surface area is 133 Å². The van der Waals surface area contributed by atoms with Gasteiger partial charge in [-0.25, -0.2) is 0 Å². The molecule has 1 heterocycles. The van der Waals surface area contributed by atoms with Gasteiger partial charge in [0.05, 0.1) is 4.88 Å². The quantitative estimate of drug-likeness (QED) is 0.679. The van der Waals surface area contributed by atoms with Crippen molar-refractivity contribution in [3.05, 3.63) is 58.3 Å². The highest BCUT2D eigenvalue weighted by atomic mass is 32.1. The predicted molar refractivity (Wildman–Crippen MR) is 87.6 cm³/mol. The summed E-state index contributed by atoms with van der Waals surface area (Å²) in [5, 5.41) is 7.45. The van der Waals surface area contributed by atoms with Crippen LogP contribution in [0.3, 0.4) is 0 Å². The van der Waals surface area contributed by atoms with Crippen LogP contribution in [-0.4, -0.2) is 24.9 Å². The lowest BCUT2D eigenvalue weighted by molar-refractivity contribution is -0.122. The van der Waals surface area contributed by atoms with Crippen molar-refractivity contribution in [2.75, 3.05) is 13.1 Å². The average Bonchev–Trinajstić information content (AvgIpc) is 3.09. The molecule has 4 N–H and O–H groups in total. The maximum atomic E-state index is 11.9. The Morgan fingerprint density at radius 1 is 1.05 bits per heavy atom. The lowest BCUT2D eigenvalue weighted by Gasteiger charge is -2.12. The van der Waals surface area contributed by atoms with Crippen molar-refractivity contribution in [2.45, 2.75) is 12.5 Å². The second kappa shape index (κ2) is 8.31. The Morgan fingerprint density at radius 2 is 1.77 bits per heavy atom. The third-order valence-electron chi connectivity index (χ3n) is 3.12. The van der Waals surface area contributed by atoms with Gasteiger partial charge in [-0.3, -0.25) is 9.59 Å². The molecule has 5 nitrogen and oxygen atoms in total. The molecule has 0 fully saturated rings. The van der Waals surface area contributed by atoms with E-state index in [2.05, 4.69) is 10.6 Å². The molecule has 0 spiro atoms. The molecule has 1 aromatic heterocycles. The summed E-state index contributed by atoms with van der Waals surface area (Å²) in [5.41, 5.74) is 6.67. The molecule has 22 heavy (non-hydrogen) atoms. The van der Waals surface area contributed by atoms with Gasteiger partial charge in [0.25, 0.3) is 5.91 Å². The first kappa shape index (κ1) is 16.2. The molecule has 6 heteroatoms. The van der Waals surface area contributed by atoms with Crippen molar-refractivity contribution >= 4 is 23.2 Å². The van der Waals surface area contributed by atoms with E-state index in [0.717, 1.165) is 5.56 Å². The normalized spacial score (nSPS) is 11.7. The minimum atomic E-state index is -0.665. The van der Waals surface area contributed by atoms with Gasteiger partial charge in [-0.05, 0) is 23.4 Å². The van der Waals surface area contributed by atoms with Crippen LogP contribution in [0.5, 0.6) is 0 Å². The van der Waals surface area contributed by atoms with Gasteiger partial charge in [0.1, 0.15) is 6.04 Å². The van der Waals surface area contributed by atoms with E-state index in [4.69, 9.17) is 5.73 Å². The number of nitrogens with two attached hydrogens (primary N) is 1. The first-order valence-electron chi connectivity index (χ1n) is 7.08. The molecule has 0 bridgehead atoms. The highest BCUT2D eigenvalue weighted by Crippen LogP contribution is 2.09. The first-order chi connectivity index (χ1) is 10.7. The summed E-state index contributed by atoms with van der Waals surface area (Å²) in [6, 6.07) is 12.2. The lowest BCUT2D eigenvalue weighted by atomic mass is 10.1. The molecule has 2 amide bonds. The fourth-order valence-electron chi connectivity index (χ4n) is 1.92. The van der Waals surface area contributed by atoms with Gasteiger partial charge in [0, 0.05) is 13.1 Å². The summed E-state index contributed by atoms with van der Waals surface area (Å²) in [4.78, 5) is 24.3. The number of benzene rings is 1. The number of carbonyl (C=O) groups is 2. The van der Waals surface area contributed by atoms with Crippen LogP contribution in [0.15, 0.2) is 47.8 Å². The average molecular weight is 317 g/mol. The zero-order valence-corrected chi connectivity index (χ0v) is 12.9. The van der Waals surface area contributed by atoms with Gasteiger partial charge in [-0.15, -0.1) is 11.3 Å². The standard InChI is InChI=1S/C16H19N3O2S/c17-14(12-6-2-1-3-7-12)16(21)19-10-5-9-18-15(20)13-8-4-11-22-13/h1-4,6-8,11,14H,5,9-10,17H2,(H,18,20)(H,19,21). The van der Waals surface area contributed by atoms with Crippen molar-refractivity contribution in [3.8, 4) is 0 Å². The molecule has 2 aromatic rings. The Kier molecular flexibility index (Phi) is 6.12.